The van der Waals surface area contributed by atoms with Gasteiger partial charge in [-0.25, -0.2) is 4.98 Å². The van der Waals surface area contributed by atoms with Crippen molar-refractivity contribution < 1.29 is 4.79 Å². The first-order valence-corrected chi connectivity index (χ1v) is 7.00. The van der Waals surface area contributed by atoms with Crippen molar-refractivity contribution in [3.05, 3.63) is 47.0 Å². The van der Waals surface area contributed by atoms with E-state index in [1.807, 2.05) is 18.2 Å². The van der Waals surface area contributed by atoms with Gasteiger partial charge in [0, 0.05) is 18.2 Å². The third-order valence-corrected chi connectivity index (χ3v) is 4.24. The highest BCUT2D eigenvalue weighted by Gasteiger charge is 2.08. The molecule has 1 N–H and O–H groups in total. The SMILES string of the molecule is CNC(=O)c1csc(SCc2ccccc2)n1. The van der Waals surface area contributed by atoms with Crippen LogP contribution in [0.3, 0.4) is 0 Å². The number of thiazole rings is 1. The van der Waals surface area contributed by atoms with Gasteiger partial charge in [0.2, 0.25) is 0 Å². The average molecular weight is 264 g/mol. The van der Waals surface area contributed by atoms with Crippen LogP contribution in [0.1, 0.15) is 16.1 Å². The zero-order valence-corrected chi connectivity index (χ0v) is 11.0. The Morgan fingerprint density at radius 1 is 1.41 bits per heavy atom. The topological polar surface area (TPSA) is 42.0 Å². The Bertz CT molecular complexity index is 496. The molecule has 0 aliphatic carbocycles. The fourth-order valence-electron chi connectivity index (χ4n) is 1.28. The Balaban J connectivity index is 1.96. The number of thioether (sulfide) groups is 1. The molecule has 0 bridgehead atoms. The fourth-order valence-corrected chi connectivity index (χ4v) is 3.04. The molecule has 0 unspecified atom stereocenters. The van der Waals surface area contributed by atoms with Crippen molar-refractivity contribution in [1.29, 1.82) is 0 Å². The minimum absolute atomic E-state index is 0.132. The number of rotatable bonds is 4. The van der Waals surface area contributed by atoms with E-state index >= 15 is 0 Å². The van der Waals surface area contributed by atoms with E-state index in [2.05, 4.69) is 22.4 Å². The van der Waals surface area contributed by atoms with Gasteiger partial charge in [0.1, 0.15) is 5.69 Å². The summed E-state index contributed by atoms with van der Waals surface area (Å²) in [5.41, 5.74) is 1.75. The molecule has 88 valence electrons. The summed E-state index contributed by atoms with van der Waals surface area (Å²) in [6.45, 7) is 0. The molecule has 0 fully saturated rings. The average Bonchev–Trinajstić information content (AvgIpc) is 2.85. The molecule has 17 heavy (non-hydrogen) atoms. The number of carbonyl (C=O) groups excluding carboxylic acids is 1. The first kappa shape index (κ1) is 12.1. The van der Waals surface area contributed by atoms with Crippen LogP contribution in [0, 0.1) is 0 Å². The standard InChI is InChI=1S/C12H12N2OS2/c1-13-11(15)10-8-17-12(14-10)16-7-9-5-3-2-4-6-9/h2-6,8H,7H2,1H3,(H,13,15). The minimum atomic E-state index is -0.132. The summed E-state index contributed by atoms with van der Waals surface area (Å²) in [6.07, 6.45) is 0. The Morgan fingerprint density at radius 3 is 2.88 bits per heavy atom. The smallest absolute Gasteiger partial charge is 0.270 e. The summed E-state index contributed by atoms with van der Waals surface area (Å²) in [7, 11) is 1.61. The first-order valence-electron chi connectivity index (χ1n) is 5.14. The lowest BCUT2D eigenvalue weighted by Crippen LogP contribution is -2.17. The molecule has 1 heterocycles. The van der Waals surface area contributed by atoms with Gasteiger partial charge in [-0.2, -0.15) is 0 Å². The Morgan fingerprint density at radius 2 is 2.18 bits per heavy atom. The van der Waals surface area contributed by atoms with Crippen molar-refractivity contribution >= 4 is 29.0 Å². The number of nitrogens with one attached hydrogen (secondary N) is 1. The van der Waals surface area contributed by atoms with E-state index in [9.17, 15) is 4.79 Å². The van der Waals surface area contributed by atoms with Gasteiger partial charge in [-0.3, -0.25) is 4.79 Å². The van der Waals surface area contributed by atoms with E-state index in [1.165, 1.54) is 16.9 Å². The summed E-state index contributed by atoms with van der Waals surface area (Å²) in [5, 5.41) is 4.35. The molecule has 0 saturated heterocycles. The fraction of sp³-hybridized carbons (Fsp3) is 0.167. The second-order valence-corrected chi connectivity index (χ2v) is 5.43. The number of aromatic nitrogens is 1. The molecule has 3 nitrogen and oxygen atoms in total. The normalized spacial score (nSPS) is 10.2. The van der Waals surface area contributed by atoms with Crippen LogP contribution in [-0.4, -0.2) is 17.9 Å². The van der Waals surface area contributed by atoms with E-state index in [4.69, 9.17) is 0 Å². The molecule has 0 atom stereocenters. The van der Waals surface area contributed by atoms with Crippen LogP contribution in [0.2, 0.25) is 0 Å². The maximum Gasteiger partial charge on any atom is 0.270 e. The quantitative estimate of drug-likeness (QED) is 0.863. The summed E-state index contributed by atoms with van der Waals surface area (Å²) < 4.78 is 0.924. The Kier molecular flexibility index (Phi) is 4.17. The summed E-state index contributed by atoms with van der Waals surface area (Å²) >= 11 is 3.15. The second-order valence-electron chi connectivity index (χ2n) is 3.35. The lowest BCUT2D eigenvalue weighted by atomic mass is 10.2. The van der Waals surface area contributed by atoms with E-state index in [-0.39, 0.29) is 5.91 Å². The van der Waals surface area contributed by atoms with Crippen LogP contribution >= 0.6 is 23.1 Å². The zero-order valence-electron chi connectivity index (χ0n) is 9.34. The number of hydrogen-bond donors (Lipinski definition) is 1. The van der Waals surface area contributed by atoms with Gasteiger partial charge in [0.05, 0.1) is 0 Å². The van der Waals surface area contributed by atoms with E-state index in [0.717, 1.165) is 10.1 Å². The highest BCUT2D eigenvalue weighted by molar-refractivity contribution is 8.00. The summed E-state index contributed by atoms with van der Waals surface area (Å²) in [6, 6.07) is 10.2. The van der Waals surface area contributed by atoms with Crippen LogP contribution in [-0.2, 0) is 5.75 Å². The van der Waals surface area contributed by atoms with Gasteiger partial charge in [-0.1, -0.05) is 42.1 Å². The van der Waals surface area contributed by atoms with Crippen LogP contribution in [0.4, 0.5) is 0 Å². The van der Waals surface area contributed by atoms with Crippen LogP contribution in [0.5, 0.6) is 0 Å². The maximum atomic E-state index is 11.3. The maximum absolute atomic E-state index is 11.3. The highest BCUT2D eigenvalue weighted by Crippen LogP contribution is 2.25. The lowest BCUT2D eigenvalue weighted by molar-refractivity contribution is 0.0958. The van der Waals surface area contributed by atoms with Gasteiger partial charge < -0.3 is 5.32 Å². The molecule has 0 radical (unpaired) electrons. The zero-order chi connectivity index (χ0) is 12.1. The highest BCUT2D eigenvalue weighted by atomic mass is 32.2. The Hall–Kier alpha value is -1.33. The molecule has 1 aromatic carbocycles. The van der Waals surface area contributed by atoms with Crippen molar-refractivity contribution in [1.82, 2.24) is 10.3 Å². The van der Waals surface area contributed by atoms with Gasteiger partial charge in [0.25, 0.3) is 5.91 Å². The number of carbonyl (C=O) groups is 1. The number of benzene rings is 1. The molecule has 0 aliphatic rings. The summed E-state index contributed by atoms with van der Waals surface area (Å²) in [5.74, 6) is 0.745. The van der Waals surface area contributed by atoms with Gasteiger partial charge in [-0.15, -0.1) is 11.3 Å². The van der Waals surface area contributed by atoms with E-state index in [0.29, 0.717) is 5.69 Å². The predicted octanol–water partition coefficient (Wildman–Crippen LogP) is 2.80. The summed E-state index contributed by atoms with van der Waals surface area (Å²) in [4.78, 5) is 15.6. The number of amides is 1. The predicted molar refractivity (Wildman–Crippen MR) is 71.5 cm³/mol. The number of hydrogen-bond acceptors (Lipinski definition) is 4. The third kappa shape index (κ3) is 3.31. The van der Waals surface area contributed by atoms with Crippen molar-refractivity contribution in [3.63, 3.8) is 0 Å². The lowest BCUT2D eigenvalue weighted by Gasteiger charge is -1.97. The van der Waals surface area contributed by atoms with Gasteiger partial charge in [-0.05, 0) is 5.56 Å². The third-order valence-electron chi connectivity index (χ3n) is 2.15. The van der Waals surface area contributed by atoms with Crippen LogP contribution in [0.15, 0.2) is 40.1 Å². The molecule has 0 saturated carbocycles. The second kappa shape index (κ2) is 5.84. The molecule has 1 aromatic heterocycles. The molecule has 1 amide bonds. The van der Waals surface area contributed by atoms with Crippen molar-refractivity contribution in [2.45, 2.75) is 10.1 Å². The van der Waals surface area contributed by atoms with E-state index in [1.54, 1.807) is 24.2 Å². The molecular weight excluding hydrogens is 252 g/mol. The largest absolute Gasteiger partial charge is 0.354 e. The molecule has 2 rings (SSSR count). The Labute approximate surface area is 108 Å². The monoisotopic (exact) mass is 264 g/mol. The molecule has 0 aliphatic heterocycles. The van der Waals surface area contributed by atoms with Gasteiger partial charge in [0.15, 0.2) is 4.34 Å². The van der Waals surface area contributed by atoms with Crippen LogP contribution in [0.25, 0.3) is 0 Å². The van der Waals surface area contributed by atoms with Crippen LogP contribution < -0.4 is 5.32 Å². The van der Waals surface area contributed by atoms with Crippen molar-refractivity contribution in [3.8, 4) is 0 Å². The van der Waals surface area contributed by atoms with Gasteiger partial charge >= 0.3 is 0 Å². The molecule has 0 spiro atoms. The van der Waals surface area contributed by atoms with E-state index < -0.39 is 0 Å². The molecule has 2 aromatic rings. The first-order chi connectivity index (χ1) is 8.29. The minimum Gasteiger partial charge on any atom is -0.354 e. The van der Waals surface area contributed by atoms with Crippen molar-refractivity contribution in [2.75, 3.05) is 7.05 Å². The molecule has 5 heteroatoms. The number of nitrogens with zero attached hydrogens (tertiary/aromatic N) is 1. The molecular formula is C12H12N2OS2. The van der Waals surface area contributed by atoms with Crippen molar-refractivity contribution in [2.24, 2.45) is 0 Å².